The Morgan fingerprint density at radius 2 is 1.90 bits per heavy atom. The fourth-order valence-electron chi connectivity index (χ4n) is 2.57. The molecule has 0 saturated carbocycles. The van der Waals surface area contributed by atoms with Crippen LogP contribution in [-0.2, 0) is 9.59 Å². The maximum absolute atomic E-state index is 13.1. The molecule has 0 atom stereocenters. The molecule has 3 rings (SSSR count). The number of anilines is 1. The van der Waals surface area contributed by atoms with Crippen LogP contribution in [-0.4, -0.2) is 35.9 Å². The highest BCUT2D eigenvalue weighted by molar-refractivity contribution is 8.19. The Balaban J connectivity index is 1.80. The molecule has 1 aliphatic rings. The molecule has 9 heteroatoms. The molecule has 1 aliphatic heterocycles. The Kier molecular flexibility index (Phi) is 6.18. The van der Waals surface area contributed by atoms with Gasteiger partial charge in [-0.1, -0.05) is 6.07 Å². The number of rotatable bonds is 7. The van der Waals surface area contributed by atoms with Crippen LogP contribution in [0.1, 0.15) is 12.0 Å². The van der Waals surface area contributed by atoms with Crippen LogP contribution in [0.25, 0.3) is 6.08 Å². The lowest BCUT2D eigenvalue weighted by atomic mass is 10.1. The quantitative estimate of drug-likeness (QED) is 0.682. The van der Waals surface area contributed by atoms with Crippen LogP contribution in [0.3, 0.4) is 0 Å². The summed E-state index contributed by atoms with van der Waals surface area (Å²) < 4.78 is 23.7. The number of carbonyl (C=O) groups is 3. The van der Waals surface area contributed by atoms with Crippen LogP contribution in [0.4, 0.5) is 14.9 Å². The van der Waals surface area contributed by atoms with Crippen molar-refractivity contribution in [2.45, 2.75) is 6.42 Å². The first kappa shape index (κ1) is 20.4. The summed E-state index contributed by atoms with van der Waals surface area (Å²) in [6.07, 6.45) is 1.39. The number of thioether (sulfide) groups is 1. The third kappa shape index (κ3) is 4.75. The van der Waals surface area contributed by atoms with E-state index in [-0.39, 0.29) is 23.6 Å². The molecule has 0 aromatic heterocycles. The number of amides is 2. The lowest BCUT2D eigenvalue weighted by Gasteiger charge is -2.12. The van der Waals surface area contributed by atoms with Crippen molar-refractivity contribution in [2.75, 3.05) is 18.6 Å². The first-order valence-electron chi connectivity index (χ1n) is 8.45. The highest BCUT2D eigenvalue weighted by Gasteiger charge is 2.36. The van der Waals surface area contributed by atoms with E-state index in [1.807, 2.05) is 0 Å². The smallest absolute Gasteiger partial charge is 0.306 e. The second kappa shape index (κ2) is 8.78. The number of nitrogens with zero attached hydrogens (tertiary/aromatic N) is 1. The molecular weight excluding hydrogens is 401 g/mol. The lowest BCUT2D eigenvalue weighted by molar-refractivity contribution is -0.137. The van der Waals surface area contributed by atoms with Crippen molar-refractivity contribution in [2.24, 2.45) is 0 Å². The summed E-state index contributed by atoms with van der Waals surface area (Å²) in [5, 5.41) is 8.20. The van der Waals surface area contributed by atoms with Crippen LogP contribution in [0.15, 0.2) is 47.4 Å². The predicted molar refractivity (Wildman–Crippen MR) is 106 cm³/mol. The second-order valence-corrected chi connectivity index (χ2v) is 6.89. The average molecular weight is 417 g/mol. The van der Waals surface area contributed by atoms with Crippen molar-refractivity contribution in [3.05, 3.63) is 58.8 Å². The second-order valence-electron chi connectivity index (χ2n) is 5.90. The fourth-order valence-corrected chi connectivity index (χ4v) is 3.41. The Labute approximate surface area is 169 Å². The van der Waals surface area contributed by atoms with Gasteiger partial charge in [-0.05, 0) is 59.8 Å². The van der Waals surface area contributed by atoms with E-state index >= 15 is 0 Å². The van der Waals surface area contributed by atoms with Gasteiger partial charge in [0.25, 0.3) is 11.1 Å². The predicted octanol–water partition coefficient (Wildman–Crippen LogP) is 3.93. The molecule has 150 valence electrons. The first-order chi connectivity index (χ1) is 13.9. The monoisotopic (exact) mass is 417 g/mol. The molecule has 1 fully saturated rings. The fraction of sp³-hybridized carbons (Fsp3) is 0.150. The van der Waals surface area contributed by atoms with Crippen LogP contribution >= 0.6 is 11.8 Å². The molecule has 29 heavy (non-hydrogen) atoms. The number of halogens is 1. The van der Waals surface area contributed by atoms with Gasteiger partial charge in [-0.3, -0.25) is 14.4 Å². The van der Waals surface area contributed by atoms with Crippen molar-refractivity contribution in [3.63, 3.8) is 0 Å². The maximum Gasteiger partial charge on any atom is 0.306 e. The number of benzene rings is 2. The van der Waals surface area contributed by atoms with Gasteiger partial charge >= 0.3 is 5.97 Å². The number of methoxy groups -OCH3 is 1. The molecule has 7 nitrogen and oxygen atoms in total. The zero-order valence-electron chi connectivity index (χ0n) is 15.3. The summed E-state index contributed by atoms with van der Waals surface area (Å²) in [6.45, 7) is -0.0123. The third-order valence-corrected chi connectivity index (χ3v) is 4.81. The highest BCUT2D eigenvalue weighted by Crippen LogP contribution is 2.37. The molecular formula is C20H16FNO6S. The first-order valence-corrected chi connectivity index (χ1v) is 9.27. The summed E-state index contributed by atoms with van der Waals surface area (Å²) in [4.78, 5) is 36.7. The summed E-state index contributed by atoms with van der Waals surface area (Å²) in [5.41, 5.74) is 0.883. The molecule has 0 spiro atoms. The van der Waals surface area contributed by atoms with Crippen LogP contribution in [0.2, 0.25) is 0 Å². The Morgan fingerprint density at radius 1 is 1.17 bits per heavy atom. The lowest BCUT2D eigenvalue weighted by Crippen LogP contribution is -2.27. The molecule has 2 aromatic carbocycles. The number of hydrogen-bond donors (Lipinski definition) is 1. The number of carboxylic acid groups (broad SMARTS) is 1. The molecule has 0 bridgehead atoms. The van der Waals surface area contributed by atoms with Gasteiger partial charge in [-0.25, -0.2) is 9.29 Å². The minimum atomic E-state index is -0.975. The van der Waals surface area contributed by atoms with Gasteiger partial charge in [0.1, 0.15) is 5.82 Å². The molecule has 1 heterocycles. The Morgan fingerprint density at radius 3 is 2.55 bits per heavy atom. The molecule has 1 N–H and O–H groups in total. The van der Waals surface area contributed by atoms with Crippen molar-refractivity contribution in [3.8, 4) is 11.5 Å². The molecule has 2 amide bonds. The van der Waals surface area contributed by atoms with E-state index in [4.69, 9.17) is 14.6 Å². The van der Waals surface area contributed by atoms with E-state index in [0.717, 1.165) is 16.7 Å². The topological polar surface area (TPSA) is 93.1 Å². The highest BCUT2D eigenvalue weighted by atomic mass is 32.2. The van der Waals surface area contributed by atoms with Gasteiger partial charge in [0.2, 0.25) is 0 Å². The van der Waals surface area contributed by atoms with Gasteiger partial charge in [0, 0.05) is 0 Å². The number of ether oxygens (including phenoxy) is 2. The van der Waals surface area contributed by atoms with Gasteiger partial charge in [0.05, 0.1) is 30.7 Å². The zero-order chi connectivity index (χ0) is 21.0. The summed E-state index contributed by atoms with van der Waals surface area (Å²) >= 11 is 0.778. The molecule has 2 aromatic rings. The van der Waals surface area contributed by atoms with Crippen molar-refractivity contribution < 1.29 is 33.4 Å². The van der Waals surface area contributed by atoms with E-state index in [1.54, 1.807) is 18.2 Å². The van der Waals surface area contributed by atoms with Crippen molar-refractivity contribution in [1.29, 1.82) is 0 Å². The molecule has 0 aliphatic carbocycles. The number of imide groups is 1. The van der Waals surface area contributed by atoms with E-state index in [0.29, 0.717) is 17.1 Å². The number of aliphatic carboxylic acids is 1. The van der Waals surface area contributed by atoms with E-state index in [2.05, 4.69) is 0 Å². The van der Waals surface area contributed by atoms with E-state index in [1.165, 1.54) is 37.5 Å². The molecule has 0 unspecified atom stereocenters. The van der Waals surface area contributed by atoms with Crippen molar-refractivity contribution >= 4 is 40.6 Å². The normalized spacial score (nSPS) is 15.1. The number of carboxylic acids is 1. The van der Waals surface area contributed by atoms with Gasteiger partial charge in [-0.15, -0.1) is 0 Å². The third-order valence-electron chi connectivity index (χ3n) is 3.94. The largest absolute Gasteiger partial charge is 0.493 e. The zero-order valence-corrected chi connectivity index (χ0v) is 16.1. The minimum absolute atomic E-state index is 0.0123. The average Bonchev–Trinajstić information content (AvgIpc) is 2.96. The van der Waals surface area contributed by atoms with Crippen LogP contribution in [0, 0.1) is 5.82 Å². The SMILES string of the molecule is COc1cc(/C=C2/SC(=O)N(c3ccc(F)cc3)C2=O)ccc1OCCC(=O)O. The Hall–Kier alpha value is -3.33. The van der Waals surface area contributed by atoms with E-state index in [9.17, 15) is 18.8 Å². The Bertz CT molecular complexity index is 989. The summed E-state index contributed by atoms with van der Waals surface area (Å²) in [7, 11) is 1.44. The molecule has 1 saturated heterocycles. The van der Waals surface area contributed by atoms with Crippen molar-refractivity contribution in [1.82, 2.24) is 0 Å². The number of carbonyl (C=O) groups excluding carboxylic acids is 2. The van der Waals surface area contributed by atoms with Crippen LogP contribution < -0.4 is 14.4 Å². The van der Waals surface area contributed by atoms with Crippen LogP contribution in [0.5, 0.6) is 11.5 Å². The van der Waals surface area contributed by atoms with E-state index < -0.39 is 22.9 Å². The summed E-state index contributed by atoms with van der Waals surface area (Å²) in [5.74, 6) is -1.22. The maximum atomic E-state index is 13.1. The number of hydrogen-bond acceptors (Lipinski definition) is 6. The van der Waals surface area contributed by atoms with Gasteiger partial charge in [-0.2, -0.15) is 0 Å². The molecule has 0 radical (unpaired) electrons. The van der Waals surface area contributed by atoms with Gasteiger partial charge < -0.3 is 14.6 Å². The van der Waals surface area contributed by atoms with Gasteiger partial charge in [0.15, 0.2) is 11.5 Å². The minimum Gasteiger partial charge on any atom is -0.493 e. The standard InChI is InChI=1S/C20H16FNO6S/c1-27-16-10-12(2-7-15(16)28-9-8-18(23)24)11-17-19(25)22(20(26)29-17)14-5-3-13(21)4-6-14/h2-7,10-11H,8-9H2,1H3,(H,23,24)/b17-11+. The summed E-state index contributed by atoms with van der Waals surface area (Å²) in [6, 6.07) is 9.94.